The van der Waals surface area contributed by atoms with Gasteiger partial charge >= 0.3 is 5.97 Å². The Labute approximate surface area is 170 Å². The van der Waals surface area contributed by atoms with Crippen molar-refractivity contribution in [3.8, 4) is 11.8 Å². The summed E-state index contributed by atoms with van der Waals surface area (Å²) in [6.45, 7) is 4.83. The number of hydrogen-bond acceptors (Lipinski definition) is 4. The molecule has 1 rings (SSSR count). The van der Waals surface area contributed by atoms with E-state index in [0.717, 1.165) is 51.5 Å². The summed E-state index contributed by atoms with van der Waals surface area (Å²) >= 11 is 0. The number of nitrogens with zero attached hydrogens (tertiary/aromatic N) is 1. The van der Waals surface area contributed by atoms with Gasteiger partial charge in [0.1, 0.15) is 0 Å². The van der Waals surface area contributed by atoms with Crippen LogP contribution in [0.15, 0.2) is 12.2 Å². The molecule has 3 atom stereocenters. The highest BCUT2D eigenvalue weighted by molar-refractivity contribution is 5.79. The number of aliphatic hydroxyl groups excluding tert-OH is 1. The monoisotopic (exact) mass is 391 g/mol. The number of rotatable bonds is 12. The Balaban J connectivity index is 2.43. The van der Waals surface area contributed by atoms with Gasteiger partial charge in [-0.1, -0.05) is 38.8 Å². The van der Waals surface area contributed by atoms with Gasteiger partial charge in [-0.2, -0.15) is 0 Å². The van der Waals surface area contributed by atoms with Gasteiger partial charge in [-0.05, 0) is 31.6 Å². The van der Waals surface area contributed by atoms with Crippen LogP contribution in [0.2, 0.25) is 0 Å². The van der Waals surface area contributed by atoms with Crippen molar-refractivity contribution >= 4 is 11.9 Å². The van der Waals surface area contributed by atoms with E-state index < -0.39 is 6.10 Å². The second kappa shape index (κ2) is 14.2. The summed E-state index contributed by atoms with van der Waals surface area (Å²) in [6.07, 6.45) is 11.3. The zero-order valence-corrected chi connectivity index (χ0v) is 17.8. The highest BCUT2D eigenvalue weighted by Gasteiger charge is 2.28. The van der Waals surface area contributed by atoms with E-state index in [1.165, 1.54) is 7.11 Å². The summed E-state index contributed by atoms with van der Waals surface area (Å²) in [5, 5.41) is 10.5. The molecule has 0 aromatic heterocycles. The molecule has 0 saturated carbocycles. The van der Waals surface area contributed by atoms with E-state index in [1.807, 2.05) is 24.0 Å². The number of aliphatic hydroxyl groups is 1. The number of amides is 1. The van der Waals surface area contributed by atoms with Crippen LogP contribution in [0.5, 0.6) is 0 Å². The van der Waals surface area contributed by atoms with Gasteiger partial charge in [0.05, 0.1) is 19.3 Å². The number of ether oxygens (including phenoxy) is 1. The molecule has 5 heteroatoms. The Morgan fingerprint density at radius 1 is 1.29 bits per heavy atom. The molecule has 0 spiro atoms. The molecule has 0 aliphatic carbocycles. The van der Waals surface area contributed by atoms with Crippen LogP contribution in [0.3, 0.4) is 0 Å². The maximum Gasteiger partial charge on any atom is 0.305 e. The predicted octanol–water partition coefficient (Wildman–Crippen LogP) is 3.85. The first-order chi connectivity index (χ1) is 13.5. The van der Waals surface area contributed by atoms with Gasteiger partial charge in [0.2, 0.25) is 5.91 Å². The molecule has 0 unspecified atom stereocenters. The van der Waals surface area contributed by atoms with Crippen LogP contribution in [0.1, 0.15) is 78.1 Å². The minimum Gasteiger partial charge on any atom is -0.469 e. The second-order valence-corrected chi connectivity index (χ2v) is 7.39. The lowest BCUT2D eigenvalue weighted by Gasteiger charge is -2.23. The average Bonchev–Trinajstić information content (AvgIpc) is 3.05. The molecule has 0 radical (unpaired) electrons. The van der Waals surface area contributed by atoms with Crippen LogP contribution in [0.25, 0.3) is 0 Å². The Bertz CT molecular complexity index is 561. The third-order valence-electron chi connectivity index (χ3n) is 5.34. The van der Waals surface area contributed by atoms with Crippen molar-refractivity contribution in [3.63, 3.8) is 0 Å². The minimum atomic E-state index is -0.521. The normalized spacial score (nSPS) is 18.8. The number of methoxy groups -OCH3 is 1. The van der Waals surface area contributed by atoms with E-state index in [4.69, 9.17) is 0 Å². The van der Waals surface area contributed by atoms with Crippen LogP contribution < -0.4 is 0 Å². The molecular formula is C23H37NO4. The van der Waals surface area contributed by atoms with Crippen molar-refractivity contribution in [2.24, 2.45) is 5.92 Å². The van der Waals surface area contributed by atoms with Crippen molar-refractivity contribution in [3.05, 3.63) is 12.2 Å². The molecule has 5 nitrogen and oxygen atoms in total. The molecule has 1 aliphatic heterocycles. The van der Waals surface area contributed by atoms with Crippen molar-refractivity contribution in [2.75, 3.05) is 13.7 Å². The number of esters is 1. The van der Waals surface area contributed by atoms with E-state index in [2.05, 4.69) is 23.5 Å². The molecule has 0 aromatic rings. The Morgan fingerprint density at radius 2 is 2.04 bits per heavy atom. The molecule has 28 heavy (non-hydrogen) atoms. The SMILES string of the molecule is CCC#CC[C@H](CC)[C@H](O)C=C[C@H]1CCC(=O)N1CCCCCCC(=O)OC. The lowest BCUT2D eigenvalue weighted by atomic mass is 9.95. The summed E-state index contributed by atoms with van der Waals surface area (Å²) < 4.78 is 4.64. The largest absolute Gasteiger partial charge is 0.469 e. The molecule has 1 heterocycles. The van der Waals surface area contributed by atoms with Gasteiger partial charge in [0.15, 0.2) is 0 Å². The molecule has 0 bridgehead atoms. The van der Waals surface area contributed by atoms with E-state index in [-0.39, 0.29) is 23.8 Å². The summed E-state index contributed by atoms with van der Waals surface area (Å²) in [5.41, 5.74) is 0. The summed E-state index contributed by atoms with van der Waals surface area (Å²) in [7, 11) is 1.41. The highest BCUT2D eigenvalue weighted by Crippen LogP contribution is 2.22. The summed E-state index contributed by atoms with van der Waals surface area (Å²) in [6, 6.07) is 0.0800. The molecule has 1 aliphatic rings. The fourth-order valence-electron chi connectivity index (χ4n) is 3.49. The first-order valence-electron chi connectivity index (χ1n) is 10.7. The average molecular weight is 392 g/mol. The van der Waals surface area contributed by atoms with E-state index in [0.29, 0.717) is 19.3 Å². The smallest absolute Gasteiger partial charge is 0.305 e. The summed E-state index contributed by atoms with van der Waals surface area (Å²) in [5.74, 6) is 6.36. The second-order valence-electron chi connectivity index (χ2n) is 7.39. The molecule has 1 saturated heterocycles. The van der Waals surface area contributed by atoms with Gasteiger partial charge in [-0.15, -0.1) is 11.8 Å². The van der Waals surface area contributed by atoms with E-state index in [9.17, 15) is 14.7 Å². The van der Waals surface area contributed by atoms with Gasteiger partial charge in [0, 0.05) is 32.2 Å². The lowest BCUT2D eigenvalue weighted by molar-refractivity contribution is -0.140. The van der Waals surface area contributed by atoms with Gasteiger partial charge < -0.3 is 14.7 Å². The van der Waals surface area contributed by atoms with E-state index in [1.54, 1.807) is 0 Å². The maximum absolute atomic E-state index is 12.2. The van der Waals surface area contributed by atoms with Crippen molar-refractivity contribution in [1.82, 2.24) is 4.90 Å². The number of carbonyl (C=O) groups excluding carboxylic acids is 2. The van der Waals surface area contributed by atoms with Crippen molar-refractivity contribution in [1.29, 1.82) is 0 Å². The zero-order valence-electron chi connectivity index (χ0n) is 17.8. The quantitative estimate of drug-likeness (QED) is 0.237. The van der Waals surface area contributed by atoms with Gasteiger partial charge in [0.25, 0.3) is 0 Å². The Hall–Kier alpha value is -1.80. The Morgan fingerprint density at radius 3 is 2.71 bits per heavy atom. The molecule has 1 amide bonds. The Kier molecular flexibility index (Phi) is 12.3. The lowest BCUT2D eigenvalue weighted by Crippen LogP contribution is -2.33. The molecular weight excluding hydrogens is 354 g/mol. The zero-order chi connectivity index (χ0) is 20.8. The fourth-order valence-corrected chi connectivity index (χ4v) is 3.49. The highest BCUT2D eigenvalue weighted by atomic mass is 16.5. The molecule has 0 aromatic carbocycles. The van der Waals surface area contributed by atoms with Crippen LogP contribution >= 0.6 is 0 Å². The molecule has 1 N–H and O–H groups in total. The van der Waals surface area contributed by atoms with Crippen LogP contribution in [0, 0.1) is 17.8 Å². The fraction of sp³-hybridized carbons (Fsp3) is 0.739. The minimum absolute atomic E-state index is 0.0800. The van der Waals surface area contributed by atoms with Gasteiger partial charge in [-0.25, -0.2) is 0 Å². The number of carbonyl (C=O) groups is 2. The molecule has 1 fully saturated rings. The third kappa shape index (κ3) is 8.93. The first-order valence-corrected chi connectivity index (χ1v) is 10.7. The third-order valence-corrected chi connectivity index (χ3v) is 5.34. The van der Waals surface area contributed by atoms with Crippen molar-refractivity contribution in [2.45, 2.75) is 90.2 Å². The van der Waals surface area contributed by atoms with Gasteiger partial charge in [-0.3, -0.25) is 9.59 Å². The first kappa shape index (κ1) is 24.2. The van der Waals surface area contributed by atoms with Crippen LogP contribution in [-0.4, -0.2) is 47.7 Å². The van der Waals surface area contributed by atoms with Crippen LogP contribution in [-0.2, 0) is 14.3 Å². The van der Waals surface area contributed by atoms with Crippen LogP contribution in [0.4, 0.5) is 0 Å². The summed E-state index contributed by atoms with van der Waals surface area (Å²) in [4.78, 5) is 25.2. The maximum atomic E-state index is 12.2. The number of unbranched alkanes of at least 4 members (excludes halogenated alkanes) is 3. The number of likely N-dealkylation sites (tertiary alicyclic amines) is 1. The molecule has 158 valence electrons. The van der Waals surface area contributed by atoms with E-state index >= 15 is 0 Å². The van der Waals surface area contributed by atoms with Crippen molar-refractivity contribution < 1.29 is 19.4 Å². The topological polar surface area (TPSA) is 66.8 Å². The standard InChI is InChI=1S/C23H37NO4/c1-4-6-9-12-19(5-2)21(25)16-14-20-15-17-22(26)24(20)18-11-8-7-10-13-23(27)28-3/h14,16,19-21,25H,4-5,7-8,10-13,15,17-18H2,1-3H3/t19-,20-,21+/m0/s1. The number of hydrogen-bond donors (Lipinski definition) is 1. The predicted molar refractivity (Wildman–Crippen MR) is 111 cm³/mol.